The van der Waals surface area contributed by atoms with Gasteiger partial charge in [-0.25, -0.2) is 0 Å². The maximum atomic E-state index is 12.2. The number of rotatable bonds is 5. The van der Waals surface area contributed by atoms with Gasteiger partial charge in [-0.1, -0.05) is 42.7 Å². The molecule has 0 saturated carbocycles. The summed E-state index contributed by atoms with van der Waals surface area (Å²) < 4.78 is 5.58. The van der Waals surface area contributed by atoms with Gasteiger partial charge in [-0.2, -0.15) is 0 Å². The number of carbonyl (C=O) groups excluding carboxylic acids is 1. The van der Waals surface area contributed by atoms with Crippen LogP contribution in [-0.4, -0.2) is 21.4 Å². The molecule has 0 radical (unpaired) electrons. The minimum Gasteiger partial charge on any atom is -0.403 e. The Labute approximate surface area is 150 Å². The average molecular weight is 353 g/mol. The highest BCUT2D eigenvalue weighted by atomic mass is 32.2. The average Bonchev–Trinajstić information content (AvgIpc) is 3.03. The first-order valence-corrected chi connectivity index (χ1v) is 8.88. The molecule has 0 aliphatic heterocycles. The van der Waals surface area contributed by atoms with E-state index in [1.807, 2.05) is 43.3 Å². The fourth-order valence-electron chi connectivity index (χ4n) is 2.24. The molecular weight excluding hydrogens is 334 g/mol. The molecular formula is C19H19N3O2S. The molecule has 6 heteroatoms. The first-order chi connectivity index (χ1) is 12.0. The molecule has 0 fully saturated rings. The van der Waals surface area contributed by atoms with E-state index >= 15 is 0 Å². The lowest BCUT2D eigenvalue weighted by molar-refractivity contribution is 0.102. The number of anilines is 1. The Balaban J connectivity index is 1.74. The minimum atomic E-state index is -0.278. The van der Waals surface area contributed by atoms with Crippen LogP contribution in [0.1, 0.15) is 29.8 Å². The van der Waals surface area contributed by atoms with Gasteiger partial charge in [0.2, 0.25) is 5.89 Å². The number of amides is 1. The lowest BCUT2D eigenvalue weighted by Crippen LogP contribution is -2.11. The molecule has 128 valence electrons. The van der Waals surface area contributed by atoms with Crippen molar-refractivity contribution in [3.8, 4) is 11.5 Å². The number of hydrogen-bond acceptors (Lipinski definition) is 5. The van der Waals surface area contributed by atoms with Crippen molar-refractivity contribution >= 4 is 23.7 Å². The van der Waals surface area contributed by atoms with Gasteiger partial charge in [0.15, 0.2) is 0 Å². The maximum absolute atomic E-state index is 12.2. The van der Waals surface area contributed by atoms with Crippen LogP contribution in [0.3, 0.4) is 0 Å². The molecule has 1 N–H and O–H groups in total. The molecule has 0 unspecified atom stereocenters. The molecule has 0 bridgehead atoms. The van der Waals surface area contributed by atoms with Crippen molar-refractivity contribution in [1.29, 1.82) is 0 Å². The molecule has 0 atom stereocenters. The normalized spacial score (nSPS) is 10.9. The zero-order valence-corrected chi connectivity index (χ0v) is 15.1. The molecule has 0 aliphatic rings. The molecule has 0 aliphatic carbocycles. The van der Waals surface area contributed by atoms with E-state index in [2.05, 4.69) is 29.4 Å². The van der Waals surface area contributed by atoms with Crippen LogP contribution in [0.2, 0.25) is 0 Å². The van der Waals surface area contributed by atoms with Crippen molar-refractivity contribution in [2.75, 3.05) is 5.32 Å². The van der Waals surface area contributed by atoms with Crippen LogP contribution in [0.4, 0.5) is 6.01 Å². The Kier molecular flexibility index (Phi) is 5.19. The number of benzene rings is 2. The molecule has 2 aromatic carbocycles. The zero-order chi connectivity index (χ0) is 17.8. The van der Waals surface area contributed by atoms with E-state index in [1.54, 1.807) is 23.9 Å². The van der Waals surface area contributed by atoms with Gasteiger partial charge in [0.05, 0.1) is 0 Å². The van der Waals surface area contributed by atoms with Crippen LogP contribution in [0.15, 0.2) is 57.8 Å². The Morgan fingerprint density at radius 3 is 2.60 bits per heavy atom. The van der Waals surface area contributed by atoms with E-state index < -0.39 is 0 Å². The monoisotopic (exact) mass is 353 g/mol. The molecule has 3 rings (SSSR count). The van der Waals surface area contributed by atoms with E-state index in [0.29, 0.717) is 16.7 Å². The largest absolute Gasteiger partial charge is 0.403 e. The summed E-state index contributed by atoms with van der Waals surface area (Å²) in [5.41, 5.74) is 2.46. The van der Waals surface area contributed by atoms with E-state index in [0.717, 1.165) is 16.0 Å². The Morgan fingerprint density at radius 2 is 1.88 bits per heavy atom. The Morgan fingerprint density at radius 1 is 1.12 bits per heavy atom. The smallest absolute Gasteiger partial charge is 0.322 e. The van der Waals surface area contributed by atoms with Gasteiger partial charge < -0.3 is 4.42 Å². The van der Waals surface area contributed by atoms with Gasteiger partial charge in [0, 0.05) is 21.3 Å². The van der Waals surface area contributed by atoms with Gasteiger partial charge in [-0.3, -0.25) is 10.1 Å². The van der Waals surface area contributed by atoms with E-state index in [1.165, 1.54) is 0 Å². The van der Waals surface area contributed by atoms with Crippen molar-refractivity contribution in [1.82, 2.24) is 10.2 Å². The van der Waals surface area contributed by atoms with Gasteiger partial charge in [0.25, 0.3) is 5.91 Å². The van der Waals surface area contributed by atoms with E-state index in [9.17, 15) is 4.79 Å². The Hall–Kier alpha value is -2.60. The lowest BCUT2D eigenvalue weighted by Gasteiger charge is -2.05. The summed E-state index contributed by atoms with van der Waals surface area (Å²) in [5, 5.41) is 11.1. The summed E-state index contributed by atoms with van der Waals surface area (Å²) in [4.78, 5) is 13.3. The number of nitrogens with zero attached hydrogens (tertiary/aromatic N) is 2. The van der Waals surface area contributed by atoms with Crippen LogP contribution in [-0.2, 0) is 0 Å². The summed E-state index contributed by atoms with van der Waals surface area (Å²) in [5.74, 6) is 0.102. The highest BCUT2D eigenvalue weighted by molar-refractivity contribution is 7.99. The number of carbonyl (C=O) groups is 1. The zero-order valence-electron chi connectivity index (χ0n) is 14.3. The van der Waals surface area contributed by atoms with Crippen molar-refractivity contribution in [3.05, 3.63) is 59.7 Å². The summed E-state index contributed by atoms with van der Waals surface area (Å²) in [6, 6.07) is 15.3. The molecule has 0 saturated heterocycles. The molecule has 0 spiro atoms. The quantitative estimate of drug-likeness (QED) is 0.667. The standard InChI is InChI=1S/C19H19N3O2S/c1-12(2)25-16-6-4-5-15(11-16)18-21-22-19(24-18)20-17(23)14-9-7-13(3)8-10-14/h4-12H,1-3H3,(H,20,22,23). The molecule has 5 nitrogen and oxygen atoms in total. The number of hydrogen-bond donors (Lipinski definition) is 1. The van der Waals surface area contributed by atoms with Crippen molar-refractivity contribution in [3.63, 3.8) is 0 Å². The number of aromatic nitrogens is 2. The molecule has 25 heavy (non-hydrogen) atoms. The van der Waals surface area contributed by atoms with Crippen LogP contribution >= 0.6 is 11.8 Å². The predicted octanol–water partition coefficient (Wildman–Crippen LogP) is 4.80. The first-order valence-electron chi connectivity index (χ1n) is 8.00. The summed E-state index contributed by atoms with van der Waals surface area (Å²) in [6.45, 7) is 6.25. The summed E-state index contributed by atoms with van der Waals surface area (Å²) in [7, 11) is 0. The SMILES string of the molecule is Cc1ccc(C(=O)Nc2nnc(-c3cccc(SC(C)C)c3)o2)cc1. The summed E-state index contributed by atoms with van der Waals surface area (Å²) >= 11 is 1.76. The highest BCUT2D eigenvalue weighted by Gasteiger charge is 2.13. The van der Waals surface area contributed by atoms with E-state index in [-0.39, 0.29) is 11.9 Å². The molecule has 1 heterocycles. The minimum absolute atomic E-state index is 0.0856. The van der Waals surface area contributed by atoms with Crippen LogP contribution in [0.25, 0.3) is 11.5 Å². The highest BCUT2D eigenvalue weighted by Crippen LogP contribution is 2.28. The van der Waals surface area contributed by atoms with E-state index in [4.69, 9.17) is 4.42 Å². The second-order valence-corrected chi connectivity index (χ2v) is 7.58. The first kappa shape index (κ1) is 17.2. The van der Waals surface area contributed by atoms with Crippen molar-refractivity contribution in [2.45, 2.75) is 30.9 Å². The number of nitrogens with one attached hydrogen (secondary N) is 1. The van der Waals surface area contributed by atoms with Crippen LogP contribution in [0, 0.1) is 6.92 Å². The van der Waals surface area contributed by atoms with Gasteiger partial charge in [-0.05, 0) is 37.3 Å². The number of thioether (sulfide) groups is 1. The third kappa shape index (κ3) is 4.48. The predicted molar refractivity (Wildman–Crippen MR) is 99.9 cm³/mol. The second-order valence-electron chi connectivity index (χ2n) is 5.93. The maximum Gasteiger partial charge on any atom is 0.322 e. The third-order valence-electron chi connectivity index (χ3n) is 3.41. The second kappa shape index (κ2) is 7.53. The van der Waals surface area contributed by atoms with Gasteiger partial charge in [0.1, 0.15) is 0 Å². The summed E-state index contributed by atoms with van der Waals surface area (Å²) in [6.07, 6.45) is 0. The van der Waals surface area contributed by atoms with Crippen LogP contribution in [0.5, 0.6) is 0 Å². The lowest BCUT2D eigenvalue weighted by atomic mass is 10.1. The van der Waals surface area contributed by atoms with Gasteiger partial charge >= 0.3 is 6.01 Å². The molecule has 3 aromatic rings. The van der Waals surface area contributed by atoms with Crippen molar-refractivity contribution in [2.24, 2.45) is 0 Å². The fraction of sp³-hybridized carbons (Fsp3) is 0.211. The molecule has 1 amide bonds. The fourth-order valence-corrected chi connectivity index (χ4v) is 3.14. The van der Waals surface area contributed by atoms with Crippen molar-refractivity contribution < 1.29 is 9.21 Å². The van der Waals surface area contributed by atoms with Gasteiger partial charge in [-0.15, -0.1) is 16.9 Å². The molecule has 1 aromatic heterocycles. The third-order valence-corrected chi connectivity index (χ3v) is 4.41. The topological polar surface area (TPSA) is 68.0 Å². The van der Waals surface area contributed by atoms with Crippen LogP contribution < -0.4 is 5.32 Å². The number of aryl methyl sites for hydroxylation is 1. The Bertz CT molecular complexity index is 872.